The summed E-state index contributed by atoms with van der Waals surface area (Å²) in [6.07, 6.45) is -10.2. The molecule has 0 aliphatic rings. The monoisotopic (exact) mass is 226 g/mol. The minimum atomic E-state index is -5.67. The molecule has 0 spiro atoms. The molecule has 84 valence electrons. The van der Waals surface area contributed by atoms with Crippen LogP contribution in [0.2, 0.25) is 0 Å². The molecule has 0 aliphatic carbocycles. The summed E-state index contributed by atoms with van der Waals surface area (Å²) in [6, 6.07) is 0. The third kappa shape index (κ3) is 2.58. The summed E-state index contributed by atoms with van der Waals surface area (Å²) >= 11 is 0. The number of rotatable bonds is 3. The van der Waals surface area contributed by atoms with E-state index in [2.05, 4.69) is 0 Å². The van der Waals surface area contributed by atoms with E-state index in [1.807, 2.05) is 0 Å². The first-order chi connectivity index (χ1) is 6.01. The molecule has 0 radical (unpaired) electrons. The molecule has 1 atom stereocenters. The molecule has 0 bridgehead atoms. The molecule has 0 heterocycles. The van der Waals surface area contributed by atoms with E-state index < -0.39 is 30.2 Å². The fourth-order valence-electron chi connectivity index (χ4n) is 0.846. The molecule has 0 saturated heterocycles. The summed E-state index contributed by atoms with van der Waals surface area (Å²) in [5.41, 5.74) is 0. The highest BCUT2D eigenvalue weighted by Crippen LogP contribution is 2.42. The second-order valence-corrected chi connectivity index (χ2v) is 2.56. The Bertz CT molecular complexity index is 219. The third-order valence-corrected chi connectivity index (χ3v) is 1.41. The first kappa shape index (κ1) is 13.2. The van der Waals surface area contributed by atoms with E-state index in [4.69, 9.17) is 0 Å². The molecule has 0 rings (SSSR count). The van der Waals surface area contributed by atoms with Crippen molar-refractivity contribution in [1.29, 1.82) is 0 Å². The van der Waals surface area contributed by atoms with Crippen LogP contribution in [0.15, 0.2) is 0 Å². The number of hydrogen-bond donors (Lipinski definition) is 0. The maximum absolute atomic E-state index is 12.3. The molecule has 0 N–H and O–H groups in total. The zero-order valence-electron chi connectivity index (χ0n) is 6.71. The minimum Gasteiger partial charge on any atom is -0.299 e. The molecule has 8 heteroatoms. The molecule has 1 nitrogen and oxygen atoms in total. The molecule has 14 heavy (non-hydrogen) atoms. The van der Waals surface area contributed by atoms with Crippen molar-refractivity contribution < 1.29 is 35.5 Å². The lowest BCUT2D eigenvalue weighted by Gasteiger charge is -2.25. The molecule has 0 amide bonds. The molecule has 0 aromatic carbocycles. The maximum Gasteiger partial charge on any atom is 0.404 e. The second kappa shape index (κ2) is 3.74. The smallest absolute Gasteiger partial charge is 0.299 e. The Kier molecular flexibility index (Phi) is 3.52. The van der Waals surface area contributed by atoms with Gasteiger partial charge >= 0.3 is 18.5 Å². The van der Waals surface area contributed by atoms with Crippen LogP contribution in [0.1, 0.15) is 6.92 Å². The van der Waals surface area contributed by atoms with Crippen LogP contribution < -0.4 is 0 Å². The predicted molar refractivity (Wildman–Crippen MR) is 31.2 cm³/mol. The van der Waals surface area contributed by atoms with Crippen LogP contribution in [0.5, 0.6) is 0 Å². The van der Waals surface area contributed by atoms with Gasteiger partial charge in [-0.1, -0.05) is 0 Å². The number of ketones is 1. The number of hydrogen-bond acceptors (Lipinski definition) is 1. The van der Waals surface area contributed by atoms with Crippen LogP contribution in [0.4, 0.5) is 30.7 Å². The first-order valence-corrected chi connectivity index (χ1v) is 3.24. The molecule has 0 aromatic heterocycles. The number of carbonyl (C=O) groups is 1. The van der Waals surface area contributed by atoms with E-state index in [0.717, 1.165) is 0 Å². The molecule has 0 saturated carbocycles. The zero-order valence-corrected chi connectivity index (χ0v) is 6.71. The summed E-state index contributed by atoms with van der Waals surface area (Å²) in [7, 11) is 0. The van der Waals surface area contributed by atoms with Crippen LogP contribution in [0.3, 0.4) is 0 Å². The Labute approximate surface area is 73.9 Å². The van der Waals surface area contributed by atoms with Gasteiger partial charge in [-0.05, 0) is 6.92 Å². The van der Waals surface area contributed by atoms with Crippen molar-refractivity contribution in [3.63, 3.8) is 0 Å². The van der Waals surface area contributed by atoms with Gasteiger partial charge in [0.2, 0.25) is 0 Å². The summed E-state index contributed by atoms with van der Waals surface area (Å²) in [6.45, 7) is 0.189. The van der Waals surface area contributed by atoms with Gasteiger partial charge in [-0.3, -0.25) is 4.79 Å². The predicted octanol–water partition coefficient (Wildman–Crippen LogP) is 2.65. The quantitative estimate of drug-likeness (QED) is 0.676. The van der Waals surface area contributed by atoms with Gasteiger partial charge in [0.15, 0.2) is 5.92 Å². The lowest BCUT2D eigenvalue weighted by Crippen LogP contribution is -2.48. The van der Waals surface area contributed by atoms with E-state index in [1.54, 1.807) is 0 Å². The van der Waals surface area contributed by atoms with Crippen LogP contribution >= 0.6 is 0 Å². The largest absolute Gasteiger partial charge is 0.404 e. The van der Waals surface area contributed by atoms with Gasteiger partial charge in [0.05, 0.1) is 0 Å². The number of Topliss-reactive ketones (excluding diaryl/α,β-unsaturated/α-hetero) is 1. The molecule has 0 fully saturated rings. The van der Waals surface area contributed by atoms with Gasteiger partial charge < -0.3 is 0 Å². The summed E-state index contributed by atoms with van der Waals surface area (Å²) < 4.78 is 83.0. The van der Waals surface area contributed by atoms with E-state index in [0.29, 0.717) is 0 Å². The van der Waals surface area contributed by atoms with Gasteiger partial charge in [0.25, 0.3) is 0 Å². The number of halogens is 7. The summed E-state index contributed by atoms with van der Waals surface area (Å²) in [5, 5.41) is 0. The number of carbonyl (C=O) groups excluding carboxylic acids is 1. The van der Waals surface area contributed by atoms with E-state index in [9.17, 15) is 35.5 Å². The molecule has 0 aromatic rings. The Morgan fingerprint density at radius 3 is 1.50 bits per heavy atom. The van der Waals surface area contributed by atoms with Crippen LogP contribution in [-0.4, -0.2) is 24.3 Å². The van der Waals surface area contributed by atoms with Crippen LogP contribution in [-0.2, 0) is 4.79 Å². The maximum atomic E-state index is 12.3. The van der Waals surface area contributed by atoms with E-state index in [1.165, 1.54) is 0 Å². The fourth-order valence-corrected chi connectivity index (χ4v) is 0.846. The highest BCUT2D eigenvalue weighted by atomic mass is 19.4. The van der Waals surface area contributed by atoms with E-state index >= 15 is 0 Å². The topological polar surface area (TPSA) is 17.1 Å². The molecular formula is C6H5F7O. The summed E-state index contributed by atoms with van der Waals surface area (Å²) in [5.74, 6) is -11.4. The Hall–Kier alpha value is -0.820. The van der Waals surface area contributed by atoms with E-state index in [-0.39, 0.29) is 6.92 Å². The zero-order chi connectivity index (χ0) is 11.7. The van der Waals surface area contributed by atoms with Gasteiger partial charge in [-0.25, -0.2) is 8.78 Å². The van der Waals surface area contributed by atoms with Gasteiger partial charge in [0, 0.05) is 0 Å². The van der Waals surface area contributed by atoms with Crippen molar-refractivity contribution in [2.24, 2.45) is 5.92 Å². The van der Waals surface area contributed by atoms with Crippen molar-refractivity contribution >= 4 is 5.78 Å². The van der Waals surface area contributed by atoms with Crippen molar-refractivity contribution in [2.45, 2.75) is 25.4 Å². The second-order valence-electron chi connectivity index (χ2n) is 2.56. The molecule has 0 aliphatic heterocycles. The Balaban J connectivity index is 5.13. The van der Waals surface area contributed by atoms with Gasteiger partial charge in [0.1, 0.15) is 5.78 Å². The average Bonchev–Trinajstić information content (AvgIpc) is 1.79. The Morgan fingerprint density at radius 2 is 1.43 bits per heavy atom. The fraction of sp³-hybridized carbons (Fsp3) is 0.833. The average molecular weight is 226 g/mol. The lowest BCUT2D eigenvalue weighted by atomic mass is 9.97. The molecular weight excluding hydrogens is 221 g/mol. The number of alkyl halides is 7. The van der Waals surface area contributed by atoms with Crippen molar-refractivity contribution in [3.05, 3.63) is 0 Å². The first-order valence-electron chi connectivity index (χ1n) is 3.24. The minimum absolute atomic E-state index is 0.189. The third-order valence-electron chi connectivity index (χ3n) is 1.41. The SMILES string of the molecule is CC(=O)C(C(F)(F)F)C(F)(F)C(F)F. The lowest BCUT2D eigenvalue weighted by molar-refractivity contribution is -0.262. The van der Waals surface area contributed by atoms with Crippen molar-refractivity contribution in [2.75, 3.05) is 0 Å². The van der Waals surface area contributed by atoms with Gasteiger partial charge in [-0.2, -0.15) is 22.0 Å². The van der Waals surface area contributed by atoms with Gasteiger partial charge in [-0.15, -0.1) is 0 Å². The van der Waals surface area contributed by atoms with Crippen molar-refractivity contribution in [3.8, 4) is 0 Å². The highest BCUT2D eigenvalue weighted by Gasteiger charge is 2.63. The normalized spacial score (nSPS) is 15.8. The van der Waals surface area contributed by atoms with Crippen LogP contribution in [0.25, 0.3) is 0 Å². The Morgan fingerprint density at radius 1 is 1.07 bits per heavy atom. The standard InChI is InChI=1S/C6H5F7O/c1-2(14)3(6(11,12)13)5(9,10)4(7)8/h3-4H,1H3. The summed E-state index contributed by atoms with van der Waals surface area (Å²) in [4.78, 5) is 10.2. The van der Waals surface area contributed by atoms with Crippen molar-refractivity contribution in [1.82, 2.24) is 0 Å². The molecule has 1 unspecified atom stereocenters. The highest BCUT2D eigenvalue weighted by molar-refractivity contribution is 5.80. The van der Waals surface area contributed by atoms with Crippen LogP contribution in [0, 0.1) is 5.92 Å².